The van der Waals surface area contributed by atoms with Crippen molar-refractivity contribution < 1.29 is 18.0 Å². The molecule has 3 aromatic rings. The number of carbonyl (C=O) groups is 2. The number of carbonyl (C=O) groups excluding carboxylic acids is 2. The first-order valence-electron chi connectivity index (χ1n) is 8.58. The summed E-state index contributed by atoms with van der Waals surface area (Å²) in [6, 6.07) is 10.2. The van der Waals surface area contributed by atoms with Gasteiger partial charge in [-0.25, -0.2) is 17.9 Å². The first-order valence-corrected chi connectivity index (χ1v) is 10.4. The van der Waals surface area contributed by atoms with Crippen LogP contribution in [0.5, 0.6) is 0 Å². The minimum atomic E-state index is -3.04. The summed E-state index contributed by atoms with van der Waals surface area (Å²) in [6.07, 6.45) is 1.34. The van der Waals surface area contributed by atoms with Crippen LogP contribution in [0.2, 0.25) is 0 Å². The highest BCUT2D eigenvalue weighted by Crippen LogP contribution is 2.23. The zero-order valence-electron chi connectivity index (χ0n) is 14.8. The fraction of sp³-hybridized carbons (Fsp3) is 0.222. The van der Waals surface area contributed by atoms with Crippen LogP contribution in [0.4, 0.5) is 0 Å². The zero-order valence-corrected chi connectivity index (χ0v) is 15.6. The minimum Gasteiger partial charge on any atom is -0.365 e. The maximum atomic E-state index is 12.6. The van der Waals surface area contributed by atoms with Gasteiger partial charge in [0.05, 0.1) is 22.8 Å². The van der Waals surface area contributed by atoms with Gasteiger partial charge in [-0.1, -0.05) is 12.1 Å². The van der Waals surface area contributed by atoms with Crippen LogP contribution in [0.1, 0.15) is 20.7 Å². The van der Waals surface area contributed by atoms with Crippen molar-refractivity contribution in [2.45, 2.75) is 0 Å². The van der Waals surface area contributed by atoms with Gasteiger partial charge in [0.25, 0.3) is 11.8 Å². The van der Waals surface area contributed by atoms with Crippen LogP contribution in [-0.2, 0) is 9.84 Å². The van der Waals surface area contributed by atoms with Gasteiger partial charge < -0.3 is 10.6 Å². The standard InChI is InChI=1S/C18H17N5O4S/c19-16(24)14-5-6-15(23-17(14)20-11-21-23)12-1-3-13(4-2-12)18(25)22-7-9-28(26,27)10-8-22/h1-6,11H,7-10H2,(H2,19,24). The second-order valence-electron chi connectivity index (χ2n) is 6.51. The third-order valence-corrected chi connectivity index (χ3v) is 6.36. The predicted molar refractivity (Wildman–Crippen MR) is 101 cm³/mol. The van der Waals surface area contributed by atoms with E-state index < -0.39 is 15.7 Å². The second-order valence-corrected chi connectivity index (χ2v) is 8.82. The van der Waals surface area contributed by atoms with Crippen LogP contribution >= 0.6 is 0 Å². The van der Waals surface area contributed by atoms with Gasteiger partial charge in [0.1, 0.15) is 6.33 Å². The molecule has 1 aliphatic rings. The largest absolute Gasteiger partial charge is 0.365 e. The molecule has 144 valence electrons. The van der Waals surface area contributed by atoms with E-state index in [1.807, 2.05) is 0 Å². The Balaban J connectivity index is 1.61. The summed E-state index contributed by atoms with van der Waals surface area (Å²) >= 11 is 0. The zero-order chi connectivity index (χ0) is 19.9. The lowest BCUT2D eigenvalue weighted by Gasteiger charge is -2.26. The molecule has 2 N–H and O–H groups in total. The summed E-state index contributed by atoms with van der Waals surface area (Å²) < 4.78 is 24.6. The van der Waals surface area contributed by atoms with Crippen LogP contribution in [0, 0.1) is 0 Å². The molecule has 2 amide bonds. The molecule has 0 spiro atoms. The van der Waals surface area contributed by atoms with Crippen molar-refractivity contribution in [2.24, 2.45) is 5.73 Å². The molecule has 10 heteroatoms. The van der Waals surface area contributed by atoms with Gasteiger partial charge >= 0.3 is 0 Å². The molecule has 0 bridgehead atoms. The number of nitrogens with zero attached hydrogens (tertiary/aromatic N) is 4. The smallest absolute Gasteiger partial charge is 0.253 e. The Morgan fingerprint density at radius 1 is 1.00 bits per heavy atom. The van der Waals surface area contributed by atoms with Gasteiger partial charge in [-0.2, -0.15) is 5.10 Å². The molecule has 1 fully saturated rings. The van der Waals surface area contributed by atoms with E-state index in [0.29, 0.717) is 16.9 Å². The summed E-state index contributed by atoms with van der Waals surface area (Å²) in [6.45, 7) is 0.411. The van der Waals surface area contributed by atoms with Crippen molar-refractivity contribution in [1.82, 2.24) is 19.5 Å². The number of hydrogen-bond donors (Lipinski definition) is 1. The van der Waals surface area contributed by atoms with Crippen molar-refractivity contribution in [3.8, 4) is 11.3 Å². The van der Waals surface area contributed by atoms with Gasteiger partial charge in [0.2, 0.25) is 0 Å². The van der Waals surface area contributed by atoms with Crippen molar-refractivity contribution in [2.75, 3.05) is 24.6 Å². The molecular weight excluding hydrogens is 382 g/mol. The molecule has 1 aromatic carbocycles. The van der Waals surface area contributed by atoms with Gasteiger partial charge in [-0.05, 0) is 24.3 Å². The minimum absolute atomic E-state index is 0.00663. The van der Waals surface area contributed by atoms with E-state index in [9.17, 15) is 18.0 Å². The Morgan fingerprint density at radius 3 is 2.32 bits per heavy atom. The van der Waals surface area contributed by atoms with Crippen molar-refractivity contribution in [3.63, 3.8) is 0 Å². The molecule has 0 aliphatic carbocycles. The van der Waals surface area contributed by atoms with Crippen LogP contribution < -0.4 is 5.73 Å². The molecule has 4 rings (SSSR count). The topological polar surface area (TPSA) is 128 Å². The average Bonchev–Trinajstić information content (AvgIpc) is 3.16. The monoisotopic (exact) mass is 399 g/mol. The fourth-order valence-electron chi connectivity index (χ4n) is 3.20. The quantitative estimate of drug-likeness (QED) is 0.678. The molecule has 0 radical (unpaired) electrons. The average molecular weight is 399 g/mol. The van der Waals surface area contributed by atoms with E-state index >= 15 is 0 Å². The number of sulfone groups is 1. The number of fused-ring (bicyclic) bond motifs is 1. The maximum absolute atomic E-state index is 12.6. The molecule has 0 atom stereocenters. The summed E-state index contributed by atoms with van der Waals surface area (Å²) in [5.41, 5.74) is 7.96. The van der Waals surface area contributed by atoms with E-state index in [0.717, 1.165) is 5.56 Å². The van der Waals surface area contributed by atoms with Crippen LogP contribution in [0.25, 0.3) is 16.9 Å². The number of hydrogen-bond acceptors (Lipinski definition) is 6. The van der Waals surface area contributed by atoms with E-state index in [2.05, 4.69) is 10.1 Å². The van der Waals surface area contributed by atoms with Gasteiger partial charge in [-0.3, -0.25) is 9.59 Å². The Labute approximate surface area is 160 Å². The summed E-state index contributed by atoms with van der Waals surface area (Å²) in [7, 11) is -3.04. The normalized spacial score (nSPS) is 16.2. The number of amides is 2. The van der Waals surface area contributed by atoms with Crippen molar-refractivity contribution in [1.29, 1.82) is 0 Å². The Hall–Kier alpha value is -3.27. The molecule has 1 saturated heterocycles. The molecule has 28 heavy (non-hydrogen) atoms. The van der Waals surface area contributed by atoms with E-state index in [-0.39, 0.29) is 36.1 Å². The van der Waals surface area contributed by atoms with E-state index in [4.69, 9.17) is 5.73 Å². The Kier molecular flexibility index (Phi) is 4.34. The number of nitrogens with two attached hydrogens (primary N) is 1. The number of aromatic nitrogens is 3. The number of pyridine rings is 1. The van der Waals surface area contributed by atoms with Crippen molar-refractivity contribution >= 4 is 27.3 Å². The molecule has 3 heterocycles. The number of rotatable bonds is 3. The van der Waals surface area contributed by atoms with Gasteiger partial charge in [0, 0.05) is 24.2 Å². The van der Waals surface area contributed by atoms with E-state index in [1.54, 1.807) is 41.3 Å². The highest BCUT2D eigenvalue weighted by Gasteiger charge is 2.25. The lowest BCUT2D eigenvalue weighted by Crippen LogP contribution is -2.43. The molecule has 2 aromatic heterocycles. The second kappa shape index (κ2) is 6.71. The first-order chi connectivity index (χ1) is 13.4. The van der Waals surface area contributed by atoms with Crippen LogP contribution in [0.3, 0.4) is 0 Å². The highest BCUT2D eigenvalue weighted by atomic mass is 32.2. The third kappa shape index (κ3) is 3.22. The van der Waals surface area contributed by atoms with Crippen LogP contribution in [0.15, 0.2) is 42.7 Å². The SMILES string of the molecule is NC(=O)c1ccc(-c2ccc(C(=O)N3CCS(=O)(=O)CC3)cc2)n2ncnc12. The summed E-state index contributed by atoms with van der Waals surface area (Å²) in [5.74, 6) is -0.800. The van der Waals surface area contributed by atoms with Gasteiger partial charge in [-0.15, -0.1) is 0 Å². The number of benzene rings is 1. The molecule has 1 aliphatic heterocycles. The Bertz CT molecular complexity index is 1170. The predicted octanol–water partition coefficient (Wildman–Crippen LogP) is 0.366. The molecule has 0 saturated carbocycles. The lowest BCUT2D eigenvalue weighted by molar-refractivity contribution is 0.0770. The summed E-state index contributed by atoms with van der Waals surface area (Å²) in [5, 5.41) is 4.15. The highest BCUT2D eigenvalue weighted by molar-refractivity contribution is 7.91. The molecule has 9 nitrogen and oxygen atoms in total. The fourth-order valence-corrected chi connectivity index (χ4v) is 4.40. The summed E-state index contributed by atoms with van der Waals surface area (Å²) in [4.78, 5) is 29.8. The van der Waals surface area contributed by atoms with Crippen molar-refractivity contribution in [3.05, 3.63) is 53.9 Å². The maximum Gasteiger partial charge on any atom is 0.253 e. The number of primary amides is 1. The van der Waals surface area contributed by atoms with Gasteiger partial charge in [0.15, 0.2) is 15.5 Å². The third-order valence-electron chi connectivity index (χ3n) is 4.75. The first kappa shape index (κ1) is 18.1. The van der Waals surface area contributed by atoms with E-state index in [1.165, 1.54) is 10.8 Å². The van der Waals surface area contributed by atoms with Crippen LogP contribution in [-0.4, -0.2) is 64.3 Å². The Morgan fingerprint density at radius 2 is 1.68 bits per heavy atom. The molecule has 0 unspecified atom stereocenters. The lowest BCUT2D eigenvalue weighted by atomic mass is 10.1. The molecular formula is C18H17N5O4S.